The van der Waals surface area contributed by atoms with E-state index in [1.807, 2.05) is 11.9 Å². The third-order valence-corrected chi connectivity index (χ3v) is 2.36. The van der Waals surface area contributed by atoms with Crippen LogP contribution in [0, 0.1) is 22.7 Å². The first-order chi connectivity index (χ1) is 7.08. The first kappa shape index (κ1) is 11.1. The maximum atomic E-state index is 8.82. The minimum Gasteiger partial charge on any atom is -0.372 e. The second kappa shape index (κ2) is 4.48. The predicted octanol–water partition coefficient (Wildman–Crippen LogP) is 2.27. The van der Waals surface area contributed by atoms with Crippen LogP contribution in [-0.4, -0.2) is 13.1 Å². The van der Waals surface area contributed by atoms with Gasteiger partial charge in [0.25, 0.3) is 0 Å². The Hall–Kier alpha value is -2.00. The smallest absolute Gasteiger partial charge is 0.0992 e. The molecule has 0 aromatic heterocycles. The summed E-state index contributed by atoms with van der Waals surface area (Å²) in [5.41, 5.74) is 1.95. The summed E-state index contributed by atoms with van der Waals surface area (Å²) >= 11 is 0. The molecule has 0 heterocycles. The van der Waals surface area contributed by atoms with Gasteiger partial charge in [0.15, 0.2) is 0 Å². The molecule has 0 unspecified atom stereocenters. The summed E-state index contributed by atoms with van der Waals surface area (Å²) in [5, 5.41) is 17.6. The van der Waals surface area contributed by atoms with Crippen molar-refractivity contribution in [3.05, 3.63) is 29.3 Å². The van der Waals surface area contributed by atoms with Gasteiger partial charge in [0.1, 0.15) is 0 Å². The topological polar surface area (TPSA) is 50.8 Å². The summed E-state index contributed by atoms with van der Waals surface area (Å²) in [6.07, 6.45) is 0. The van der Waals surface area contributed by atoms with Crippen LogP contribution in [0.25, 0.3) is 0 Å². The molecule has 3 nitrogen and oxygen atoms in total. The van der Waals surface area contributed by atoms with Crippen LogP contribution in [0.3, 0.4) is 0 Å². The molecule has 1 aromatic rings. The van der Waals surface area contributed by atoms with E-state index in [0.29, 0.717) is 17.2 Å². The van der Waals surface area contributed by atoms with Gasteiger partial charge >= 0.3 is 0 Å². The number of hydrogen-bond acceptors (Lipinski definition) is 3. The largest absolute Gasteiger partial charge is 0.372 e. The fraction of sp³-hybridized carbons (Fsp3) is 0.333. The normalized spacial score (nSPS) is 9.47. The van der Waals surface area contributed by atoms with E-state index in [9.17, 15) is 0 Å². The summed E-state index contributed by atoms with van der Waals surface area (Å²) in [6.45, 7) is 4.12. The summed E-state index contributed by atoms with van der Waals surface area (Å²) in [5.74, 6) is 0. The van der Waals surface area contributed by atoms with E-state index in [2.05, 4.69) is 26.0 Å². The Labute approximate surface area is 90.2 Å². The highest BCUT2D eigenvalue weighted by Crippen LogP contribution is 2.19. The molecule has 0 atom stereocenters. The zero-order chi connectivity index (χ0) is 11.4. The Morgan fingerprint density at radius 3 is 1.87 bits per heavy atom. The molecule has 0 saturated heterocycles. The Balaban J connectivity index is 3.21. The van der Waals surface area contributed by atoms with E-state index < -0.39 is 0 Å². The monoisotopic (exact) mass is 199 g/mol. The highest BCUT2D eigenvalue weighted by Gasteiger charge is 2.07. The van der Waals surface area contributed by atoms with E-state index >= 15 is 0 Å². The Bertz CT molecular complexity index is 403. The maximum Gasteiger partial charge on any atom is 0.0992 e. The second-order valence-electron chi connectivity index (χ2n) is 3.70. The average molecular weight is 199 g/mol. The summed E-state index contributed by atoms with van der Waals surface area (Å²) in [7, 11) is 1.95. The van der Waals surface area contributed by atoms with E-state index in [1.54, 1.807) is 18.2 Å². The fourth-order valence-electron chi connectivity index (χ4n) is 1.24. The van der Waals surface area contributed by atoms with Gasteiger partial charge in [-0.05, 0) is 32.0 Å². The molecule has 15 heavy (non-hydrogen) atoms. The van der Waals surface area contributed by atoms with Crippen LogP contribution >= 0.6 is 0 Å². The Kier molecular flexibility index (Phi) is 3.31. The molecule has 0 amide bonds. The number of rotatable bonds is 2. The molecule has 0 N–H and O–H groups in total. The zero-order valence-corrected chi connectivity index (χ0v) is 9.15. The zero-order valence-electron chi connectivity index (χ0n) is 9.15. The molecular formula is C12H13N3. The number of benzene rings is 1. The van der Waals surface area contributed by atoms with Crippen molar-refractivity contribution in [2.45, 2.75) is 19.9 Å². The lowest BCUT2D eigenvalue weighted by Crippen LogP contribution is -2.25. The van der Waals surface area contributed by atoms with Crippen molar-refractivity contribution in [2.75, 3.05) is 11.9 Å². The van der Waals surface area contributed by atoms with Crippen molar-refractivity contribution in [3.63, 3.8) is 0 Å². The molecule has 0 saturated carbocycles. The Morgan fingerprint density at radius 1 is 1.07 bits per heavy atom. The van der Waals surface area contributed by atoms with Crippen LogP contribution in [0.1, 0.15) is 25.0 Å². The lowest BCUT2D eigenvalue weighted by atomic mass is 10.1. The number of hydrogen-bond donors (Lipinski definition) is 0. The molecule has 0 aliphatic rings. The van der Waals surface area contributed by atoms with Crippen molar-refractivity contribution < 1.29 is 0 Å². The first-order valence-corrected chi connectivity index (χ1v) is 4.76. The lowest BCUT2D eigenvalue weighted by Gasteiger charge is -2.24. The van der Waals surface area contributed by atoms with Gasteiger partial charge in [-0.15, -0.1) is 0 Å². The van der Waals surface area contributed by atoms with Gasteiger partial charge in [0.05, 0.1) is 23.3 Å². The van der Waals surface area contributed by atoms with Crippen LogP contribution in [0.2, 0.25) is 0 Å². The number of anilines is 1. The molecule has 76 valence electrons. The predicted molar refractivity (Wildman–Crippen MR) is 59.4 cm³/mol. The highest BCUT2D eigenvalue weighted by molar-refractivity contribution is 5.56. The van der Waals surface area contributed by atoms with Crippen molar-refractivity contribution in [1.29, 1.82) is 10.5 Å². The first-order valence-electron chi connectivity index (χ1n) is 4.76. The van der Waals surface area contributed by atoms with Gasteiger partial charge in [-0.1, -0.05) is 0 Å². The van der Waals surface area contributed by atoms with E-state index in [0.717, 1.165) is 5.69 Å². The summed E-state index contributed by atoms with van der Waals surface area (Å²) in [6, 6.07) is 9.63. The molecular weight excluding hydrogens is 186 g/mol. The van der Waals surface area contributed by atoms with Crippen molar-refractivity contribution >= 4 is 5.69 Å². The minimum absolute atomic E-state index is 0.338. The minimum atomic E-state index is 0.338. The van der Waals surface area contributed by atoms with Gasteiger partial charge in [-0.3, -0.25) is 0 Å². The third-order valence-electron chi connectivity index (χ3n) is 2.36. The van der Waals surface area contributed by atoms with Crippen molar-refractivity contribution in [3.8, 4) is 12.1 Å². The molecule has 0 aliphatic carbocycles. The second-order valence-corrected chi connectivity index (χ2v) is 3.70. The molecule has 1 aromatic carbocycles. The third kappa shape index (κ3) is 2.48. The molecule has 0 aliphatic heterocycles. The van der Waals surface area contributed by atoms with Gasteiger partial charge in [0, 0.05) is 18.8 Å². The van der Waals surface area contributed by atoms with Crippen LogP contribution in [-0.2, 0) is 0 Å². The highest BCUT2D eigenvalue weighted by atomic mass is 15.1. The fourth-order valence-corrected chi connectivity index (χ4v) is 1.24. The van der Waals surface area contributed by atoms with Gasteiger partial charge in [-0.25, -0.2) is 0 Å². The van der Waals surface area contributed by atoms with Gasteiger partial charge in [-0.2, -0.15) is 10.5 Å². The maximum absolute atomic E-state index is 8.82. The van der Waals surface area contributed by atoms with Gasteiger partial charge < -0.3 is 4.90 Å². The summed E-state index contributed by atoms with van der Waals surface area (Å²) < 4.78 is 0. The SMILES string of the molecule is CC(C)N(C)c1cc(C#N)cc(C#N)c1. The van der Waals surface area contributed by atoms with Crippen LogP contribution in [0.4, 0.5) is 5.69 Å². The van der Waals surface area contributed by atoms with Crippen molar-refractivity contribution in [1.82, 2.24) is 0 Å². The molecule has 0 bridgehead atoms. The number of nitriles is 2. The molecule has 1 rings (SSSR count). The quantitative estimate of drug-likeness (QED) is 0.734. The van der Waals surface area contributed by atoms with Crippen LogP contribution < -0.4 is 4.90 Å². The molecule has 0 radical (unpaired) electrons. The standard InChI is InChI=1S/C12H13N3/c1-9(2)15(3)12-5-10(7-13)4-11(6-12)8-14/h4-6,9H,1-3H3. The van der Waals surface area contributed by atoms with Gasteiger partial charge in [0.2, 0.25) is 0 Å². The lowest BCUT2D eigenvalue weighted by molar-refractivity contribution is 0.754. The van der Waals surface area contributed by atoms with Crippen molar-refractivity contribution in [2.24, 2.45) is 0 Å². The molecule has 3 heteroatoms. The summed E-state index contributed by atoms with van der Waals surface area (Å²) in [4.78, 5) is 2.03. The van der Waals surface area contributed by atoms with Crippen LogP contribution in [0.5, 0.6) is 0 Å². The average Bonchev–Trinajstić information content (AvgIpc) is 2.27. The van der Waals surface area contributed by atoms with Crippen LogP contribution in [0.15, 0.2) is 18.2 Å². The Morgan fingerprint density at radius 2 is 1.53 bits per heavy atom. The van der Waals surface area contributed by atoms with E-state index in [1.165, 1.54) is 0 Å². The molecule has 0 spiro atoms. The number of nitrogens with zero attached hydrogens (tertiary/aromatic N) is 3. The van der Waals surface area contributed by atoms with E-state index in [-0.39, 0.29) is 0 Å². The molecule has 0 fully saturated rings. The van der Waals surface area contributed by atoms with E-state index in [4.69, 9.17) is 10.5 Å².